The fourth-order valence-electron chi connectivity index (χ4n) is 3.17. The van der Waals surface area contributed by atoms with E-state index in [0.29, 0.717) is 0 Å². The zero-order chi connectivity index (χ0) is 15.4. The van der Waals surface area contributed by atoms with Crippen molar-refractivity contribution in [3.8, 4) is 0 Å². The third kappa shape index (κ3) is 3.03. The molecule has 1 aliphatic rings. The molecule has 0 spiro atoms. The minimum Gasteiger partial charge on any atom is -0.334 e. The van der Waals surface area contributed by atoms with Crippen molar-refractivity contribution in [3.05, 3.63) is 48.8 Å². The molecule has 22 heavy (non-hydrogen) atoms. The molecule has 5 heteroatoms. The van der Waals surface area contributed by atoms with E-state index in [1.54, 1.807) is 12.5 Å². The summed E-state index contributed by atoms with van der Waals surface area (Å²) in [4.78, 5) is 23.2. The first-order valence-corrected chi connectivity index (χ1v) is 7.95. The maximum Gasteiger partial charge on any atom is 0.245 e. The van der Waals surface area contributed by atoms with E-state index in [4.69, 9.17) is 0 Å². The van der Waals surface area contributed by atoms with Crippen molar-refractivity contribution >= 4 is 5.91 Å². The quantitative estimate of drug-likeness (QED) is 0.875. The van der Waals surface area contributed by atoms with Crippen LogP contribution in [0.3, 0.4) is 0 Å². The molecule has 0 N–H and O–H groups in total. The number of rotatable bonds is 3. The molecule has 3 heterocycles. The molecule has 0 aromatic carbocycles. The smallest absolute Gasteiger partial charge is 0.245 e. The first-order valence-electron chi connectivity index (χ1n) is 7.95. The fourth-order valence-corrected chi connectivity index (χ4v) is 3.17. The average molecular weight is 298 g/mol. The molecule has 2 aromatic rings. The van der Waals surface area contributed by atoms with Crippen molar-refractivity contribution in [2.45, 2.75) is 44.7 Å². The van der Waals surface area contributed by atoms with Gasteiger partial charge in [0.2, 0.25) is 5.91 Å². The molecular weight excluding hydrogens is 276 g/mol. The van der Waals surface area contributed by atoms with Gasteiger partial charge in [-0.2, -0.15) is 0 Å². The maximum absolute atomic E-state index is 13.0. The average Bonchev–Trinajstić information content (AvgIpc) is 2.99. The number of hydrogen-bond acceptors (Lipinski definition) is 3. The lowest BCUT2D eigenvalue weighted by molar-refractivity contribution is -0.136. The first kappa shape index (κ1) is 14.8. The molecule has 0 saturated carbocycles. The van der Waals surface area contributed by atoms with Gasteiger partial charge in [0, 0.05) is 31.3 Å². The highest BCUT2D eigenvalue weighted by molar-refractivity contribution is 5.80. The minimum atomic E-state index is -0.218. The molecule has 5 nitrogen and oxygen atoms in total. The summed E-state index contributed by atoms with van der Waals surface area (Å²) in [6, 6.07) is 3.99. The molecule has 1 aliphatic heterocycles. The van der Waals surface area contributed by atoms with Gasteiger partial charge >= 0.3 is 0 Å². The molecule has 2 unspecified atom stereocenters. The van der Waals surface area contributed by atoms with Crippen molar-refractivity contribution in [3.63, 3.8) is 0 Å². The Hall–Kier alpha value is -2.17. The van der Waals surface area contributed by atoms with Crippen molar-refractivity contribution in [2.75, 3.05) is 6.54 Å². The largest absolute Gasteiger partial charge is 0.334 e. The standard InChI is InChI=1S/C17H22N4O/c1-14(20-12-10-19-13-20)17(22)21-11-4-2-3-5-16(21)15-6-8-18-9-7-15/h6-10,12-14,16H,2-5,11H2,1H3. The Bertz CT molecular complexity index is 596. The fraction of sp³-hybridized carbons (Fsp3) is 0.471. The summed E-state index contributed by atoms with van der Waals surface area (Å²) in [5, 5.41) is 0. The van der Waals surface area contributed by atoms with Crippen LogP contribution in [0.5, 0.6) is 0 Å². The van der Waals surface area contributed by atoms with Gasteiger partial charge in [0.15, 0.2) is 0 Å². The Morgan fingerprint density at radius 2 is 2.00 bits per heavy atom. The Kier molecular flexibility index (Phi) is 4.51. The molecule has 2 atom stereocenters. The number of amides is 1. The molecule has 1 saturated heterocycles. The van der Waals surface area contributed by atoms with E-state index >= 15 is 0 Å². The van der Waals surface area contributed by atoms with Gasteiger partial charge in [0.05, 0.1) is 12.4 Å². The zero-order valence-corrected chi connectivity index (χ0v) is 12.9. The van der Waals surface area contributed by atoms with Crippen LogP contribution in [0.1, 0.15) is 50.3 Å². The molecule has 3 rings (SSSR count). The van der Waals surface area contributed by atoms with E-state index < -0.39 is 0 Å². The maximum atomic E-state index is 13.0. The van der Waals surface area contributed by atoms with E-state index in [0.717, 1.165) is 25.8 Å². The predicted molar refractivity (Wildman–Crippen MR) is 84.1 cm³/mol. The van der Waals surface area contributed by atoms with Crippen LogP contribution in [-0.4, -0.2) is 31.9 Å². The lowest BCUT2D eigenvalue weighted by atomic mass is 10.0. The lowest BCUT2D eigenvalue weighted by Crippen LogP contribution is -2.38. The van der Waals surface area contributed by atoms with Crippen molar-refractivity contribution in [1.29, 1.82) is 0 Å². The summed E-state index contributed by atoms with van der Waals surface area (Å²) in [6.07, 6.45) is 13.3. The summed E-state index contributed by atoms with van der Waals surface area (Å²) in [5.74, 6) is 0.168. The predicted octanol–water partition coefficient (Wildman–Crippen LogP) is 2.98. The minimum absolute atomic E-state index is 0.156. The van der Waals surface area contributed by atoms with Crippen LogP contribution in [0.15, 0.2) is 43.2 Å². The number of nitrogens with zero attached hydrogens (tertiary/aromatic N) is 4. The van der Waals surface area contributed by atoms with Crippen LogP contribution in [0.25, 0.3) is 0 Å². The second-order valence-corrected chi connectivity index (χ2v) is 5.86. The normalized spacial score (nSPS) is 20.4. The van der Waals surface area contributed by atoms with Gasteiger partial charge in [-0.15, -0.1) is 0 Å². The SMILES string of the molecule is CC(C(=O)N1CCCCCC1c1ccncc1)n1ccnc1. The van der Waals surface area contributed by atoms with Crippen molar-refractivity contribution < 1.29 is 4.79 Å². The molecule has 0 bridgehead atoms. The number of imidazole rings is 1. The molecule has 0 aliphatic carbocycles. The Morgan fingerprint density at radius 1 is 1.18 bits per heavy atom. The lowest BCUT2D eigenvalue weighted by Gasteiger charge is -2.32. The van der Waals surface area contributed by atoms with Gasteiger partial charge < -0.3 is 9.47 Å². The number of carbonyl (C=O) groups is 1. The Morgan fingerprint density at radius 3 is 2.73 bits per heavy atom. The van der Waals surface area contributed by atoms with Crippen LogP contribution in [0.2, 0.25) is 0 Å². The van der Waals surface area contributed by atoms with Gasteiger partial charge in [0.1, 0.15) is 6.04 Å². The second kappa shape index (κ2) is 6.73. The van der Waals surface area contributed by atoms with Gasteiger partial charge in [-0.3, -0.25) is 9.78 Å². The monoisotopic (exact) mass is 298 g/mol. The second-order valence-electron chi connectivity index (χ2n) is 5.86. The van der Waals surface area contributed by atoms with Crippen LogP contribution < -0.4 is 0 Å². The summed E-state index contributed by atoms with van der Waals surface area (Å²) in [5.41, 5.74) is 1.18. The molecule has 1 amide bonds. The van der Waals surface area contributed by atoms with E-state index in [1.165, 1.54) is 12.0 Å². The molecular formula is C17H22N4O. The summed E-state index contributed by atoms with van der Waals surface area (Å²) in [7, 11) is 0. The van der Waals surface area contributed by atoms with Gasteiger partial charge in [-0.05, 0) is 37.5 Å². The van der Waals surface area contributed by atoms with E-state index in [9.17, 15) is 4.79 Å². The van der Waals surface area contributed by atoms with Crippen molar-refractivity contribution in [1.82, 2.24) is 19.4 Å². The van der Waals surface area contributed by atoms with Crippen LogP contribution >= 0.6 is 0 Å². The van der Waals surface area contributed by atoms with Crippen LogP contribution in [0, 0.1) is 0 Å². The van der Waals surface area contributed by atoms with E-state index in [-0.39, 0.29) is 18.0 Å². The molecule has 2 aromatic heterocycles. The first-order chi connectivity index (χ1) is 10.8. The summed E-state index contributed by atoms with van der Waals surface area (Å²) < 4.78 is 1.87. The zero-order valence-electron chi connectivity index (χ0n) is 12.9. The van der Waals surface area contributed by atoms with Crippen LogP contribution in [0.4, 0.5) is 0 Å². The number of likely N-dealkylation sites (tertiary alicyclic amines) is 1. The molecule has 1 fully saturated rings. The molecule has 116 valence electrons. The Labute approximate surface area is 131 Å². The van der Waals surface area contributed by atoms with Crippen molar-refractivity contribution in [2.24, 2.45) is 0 Å². The van der Waals surface area contributed by atoms with Gasteiger partial charge in [0.25, 0.3) is 0 Å². The number of hydrogen-bond donors (Lipinski definition) is 0. The molecule has 0 radical (unpaired) electrons. The van der Waals surface area contributed by atoms with Crippen LogP contribution in [-0.2, 0) is 4.79 Å². The number of carbonyl (C=O) groups excluding carboxylic acids is 1. The van der Waals surface area contributed by atoms with Gasteiger partial charge in [-0.25, -0.2) is 4.98 Å². The number of pyridine rings is 1. The highest BCUT2D eigenvalue weighted by atomic mass is 16.2. The topological polar surface area (TPSA) is 51.0 Å². The van der Waals surface area contributed by atoms with E-state index in [1.807, 2.05) is 47.1 Å². The highest BCUT2D eigenvalue weighted by Crippen LogP contribution is 2.31. The highest BCUT2D eigenvalue weighted by Gasteiger charge is 2.30. The Balaban J connectivity index is 1.85. The third-order valence-corrected chi connectivity index (χ3v) is 4.46. The summed E-state index contributed by atoms with van der Waals surface area (Å²) >= 11 is 0. The van der Waals surface area contributed by atoms with E-state index in [2.05, 4.69) is 9.97 Å². The number of aromatic nitrogens is 3. The summed E-state index contributed by atoms with van der Waals surface area (Å²) in [6.45, 7) is 2.77. The van der Waals surface area contributed by atoms with Gasteiger partial charge in [-0.1, -0.05) is 12.8 Å². The third-order valence-electron chi connectivity index (χ3n) is 4.46.